The van der Waals surface area contributed by atoms with Gasteiger partial charge in [-0.2, -0.15) is 0 Å². The Hall–Kier alpha value is -7.96. The number of carbonyl (C=O) groups excluding carboxylic acids is 1. The number of nitrogens with zero attached hydrogens (tertiary/aromatic N) is 3. The second-order valence-corrected chi connectivity index (χ2v) is 24.8. The van der Waals surface area contributed by atoms with Crippen LogP contribution in [0, 0.1) is 11.6 Å². The van der Waals surface area contributed by atoms with E-state index in [2.05, 4.69) is 200 Å². The first-order chi connectivity index (χ1) is 36.0. The zero-order valence-electron chi connectivity index (χ0n) is 45.7. The van der Waals surface area contributed by atoms with Crippen LogP contribution in [0.4, 0.5) is 8.78 Å². The van der Waals surface area contributed by atoms with Crippen molar-refractivity contribution in [3.63, 3.8) is 0 Å². The number of pyridine rings is 1. The smallest absolute Gasteiger partial charge is 0.199 e. The molecule has 0 amide bonds. The number of rotatable bonds is 7. The fourth-order valence-corrected chi connectivity index (χ4v) is 11.0. The SMILES string of the molecule is CC(C)(C)c1ccc2c(c1)c1cc(C(C)(C)C)ccc1n2-c1ccccc1-c1cc(C(=O)c2c(F)ccc(-c3ccccn3)c2F)cc(-c2ccccc2-n2c3ccc(C(C)(C)C)cc3c3cc(C(C)(C)C)ccc32)c1. The summed E-state index contributed by atoms with van der Waals surface area (Å²) in [6.45, 7) is 26.9. The van der Waals surface area contributed by atoms with E-state index in [-0.39, 0.29) is 32.8 Å². The molecule has 8 aromatic carbocycles. The summed E-state index contributed by atoms with van der Waals surface area (Å²) in [6, 6.07) is 57.0. The van der Waals surface area contributed by atoms with Crippen LogP contribution in [0.5, 0.6) is 0 Å². The molecule has 11 aromatic rings. The van der Waals surface area contributed by atoms with E-state index in [4.69, 9.17) is 0 Å². The lowest BCUT2D eigenvalue weighted by Crippen LogP contribution is -2.10. The molecule has 0 radical (unpaired) electrons. The first kappa shape index (κ1) is 50.2. The van der Waals surface area contributed by atoms with Crippen molar-refractivity contribution in [1.29, 1.82) is 0 Å². The van der Waals surface area contributed by atoms with Gasteiger partial charge < -0.3 is 9.13 Å². The van der Waals surface area contributed by atoms with Crippen LogP contribution in [0.3, 0.4) is 0 Å². The standard InChI is InChI=1S/C70H65F2N3O/c1-67(2,3)45-24-30-60-52(38-45)53-39-46(68(4,5)6)25-31-61(53)74(60)58-22-15-13-19-49(58)42-35-43(37-44(36-42)66(76)64-56(71)29-28-51(65(64)72)57-21-17-18-34-73-57)50-20-14-16-23-59(50)75-62-32-26-47(69(7,8)9)40-54(62)55-41-48(70(10,11)12)27-33-63(55)75/h13-41H,1-12H3. The molecule has 4 nitrogen and oxygen atoms in total. The zero-order chi connectivity index (χ0) is 53.8. The van der Waals surface area contributed by atoms with Crippen LogP contribution in [0.25, 0.3) is 88.5 Å². The van der Waals surface area contributed by atoms with Crippen molar-refractivity contribution in [3.8, 4) is 44.9 Å². The van der Waals surface area contributed by atoms with Crippen LogP contribution < -0.4 is 0 Å². The molecule has 0 fully saturated rings. The normalized spacial score (nSPS) is 12.7. The average molecular weight is 1000 g/mol. The molecule has 6 heteroatoms. The van der Waals surface area contributed by atoms with Gasteiger partial charge in [-0.05, 0) is 158 Å². The maximum Gasteiger partial charge on any atom is 0.199 e. The highest BCUT2D eigenvalue weighted by molar-refractivity contribution is 6.14. The Balaban J connectivity index is 1.19. The third kappa shape index (κ3) is 8.72. The van der Waals surface area contributed by atoms with E-state index in [9.17, 15) is 0 Å². The third-order valence-corrected chi connectivity index (χ3v) is 15.4. The predicted octanol–water partition coefficient (Wildman–Crippen LogP) is 19.0. The minimum Gasteiger partial charge on any atom is -0.309 e. The molecule has 0 aliphatic heterocycles. The van der Waals surface area contributed by atoms with E-state index >= 15 is 13.6 Å². The Morgan fingerprint density at radius 1 is 0.408 bits per heavy atom. The Morgan fingerprint density at radius 2 is 0.789 bits per heavy atom. The Labute approximate surface area is 445 Å². The van der Waals surface area contributed by atoms with Gasteiger partial charge in [0.1, 0.15) is 11.6 Å². The van der Waals surface area contributed by atoms with E-state index in [1.165, 1.54) is 28.3 Å². The number of para-hydroxylation sites is 2. The lowest BCUT2D eigenvalue weighted by Gasteiger charge is -2.20. The van der Waals surface area contributed by atoms with Crippen molar-refractivity contribution in [3.05, 3.63) is 221 Å². The van der Waals surface area contributed by atoms with Crippen LogP contribution in [0.15, 0.2) is 176 Å². The summed E-state index contributed by atoms with van der Waals surface area (Å²) >= 11 is 0. The number of ketones is 1. The number of halogens is 2. The first-order valence-electron chi connectivity index (χ1n) is 26.4. The van der Waals surface area contributed by atoms with Crippen LogP contribution >= 0.6 is 0 Å². The Kier molecular flexibility index (Phi) is 12.0. The summed E-state index contributed by atoms with van der Waals surface area (Å²) in [5, 5.41) is 4.60. The molecule has 3 aromatic heterocycles. The molecule has 0 aliphatic carbocycles. The number of hydrogen-bond acceptors (Lipinski definition) is 2. The summed E-state index contributed by atoms with van der Waals surface area (Å²) < 4.78 is 38.0. The number of benzene rings is 8. The van der Waals surface area contributed by atoms with Gasteiger partial charge in [-0.3, -0.25) is 9.78 Å². The van der Waals surface area contributed by atoms with Crippen molar-refractivity contribution in [2.24, 2.45) is 0 Å². The van der Waals surface area contributed by atoms with Crippen molar-refractivity contribution in [2.75, 3.05) is 0 Å². The molecule has 0 bridgehead atoms. The maximum atomic E-state index is 17.0. The fraction of sp³-hybridized carbons (Fsp3) is 0.229. The second kappa shape index (κ2) is 18.1. The van der Waals surface area contributed by atoms with Crippen molar-refractivity contribution < 1.29 is 13.6 Å². The van der Waals surface area contributed by atoms with Gasteiger partial charge in [0, 0.05) is 50.0 Å². The van der Waals surface area contributed by atoms with Crippen molar-refractivity contribution in [1.82, 2.24) is 14.1 Å². The first-order valence-corrected chi connectivity index (χ1v) is 26.4. The van der Waals surface area contributed by atoms with Gasteiger partial charge in [-0.25, -0.2) is 8.78 Å². The minimum atomic E-state index is -0.958. The largest absolute Gasteiger partial charge is 0.309 e. The number of hydrogen-bond donors (Lipinski definition) is 0. The molecule has 380 valence electrons. The zero-order valence-corrected chi connectivity index (χ0v) is 45.7. The maximum absolute atomic E-state index is 17.0. The molecule has 0 saturated carbocycles. The molecule has 0 atom stereocenters. The average Bonchev–Trinajstić information content (AvgIpc) is 3.97. The molecule has 0 unspecified atom stereocenters. The van der Waals surface area contributed by atoms with Crippen LogP contribution in [-0.2, 0) is 21.7 Å². The third-order valence-electron chi connectivity index (χ3n) is 15.4. The number of carbonyl (C=O) groups is 1. The van der Waals surface area contributed by atoms with E-state index in [0.29, 0.717) is 16.8 Å². The molecule has 0 N–H and O–H groups in total. The monoisotopic (exact) mass is 1000 g/mol. The van der Waals surface area contributed by atoms with Gasteiger partial charge in [0.15, 0.2) is 5.78 Å². The van der Waals surface area contributed by atoms with E-state index in [0.717, 1.165) is 72.2 Å². The number of aromatic nitrogens is 3. The predicted molar refractivity (Wildman–Crippen MR) is 314 cm³/mol. The molecule has 0 aliphatic rings. The van der Waals surface area contributed by atoms with Gasteiger partial charge in [-0.15, -0.1) is 0 Å². The topological polar surface area (TPSA) is 39.8 Å². The second-order valence-electron chi connectivity index (χ2n) is 24.8. The minimum absolute atomic E-state index is 0.0450. The molecular formula is C70H65F2N3O. The molecule has 76 heavy (non-hydrogen) atoms. The van der Waals surface area contributed by atoms with Gasteiger partial charge in [-0.1, -0.05) is 150 Å². The molecule has 11 rings (SSSR count). The Bertz CT molecular complexity index is 3770. The highest BCUT2D eigenvalue weighted by Gasteiger charge is 2.28. The summed E-state index contributed by atoms with van der Waals surface area (Å²) in [4.78, 5) is 19.7. The van der Waals surface area contributed by atoms with E-state index < -0.39 is 23.0 Å². The molecule has 0 spiro atoms. The number of fused-ring (bicyclic) bond motifs is 6. The summed E-state index contributed by atoms with van der Waals surface area (Å²) in [6.07, 6.45) is 1.55. The summed E-state index contributed by atoms with van der Waals surface area (Å²) in [7, 11) is 0. The van der Waals surface area contributed by atoms with Crippen LogP contribution in [0.1, 0.15) is 121 Å². The van der Waals surface area contributed by atoms with Crippen molar-refractivity contribution >= 4 is 49.4 Å². The van der Waals surface area contributed by atoms with Gasteiger partial charge in [0.05, 0.1) is 44.7 Å². The lowest BCUT2D eigenvalue weighted by atomic mass is 9.85. The van der Waals surface area contributed by atoms with E-state index in [1.54, 1.807) is 36.5 Å². The van der Waals surface area contributed by atoms with Crippen molar-refractivity contribution in [2.45, 2.75) is 105 Å². The molecule has 3 heterocycles. The van der Waals surface area contributed by atoms with Gasteiger partial charge in [0.2, 0.25) is 0 Å². The summed E-state index contributed by atoms with van der Waals surface area (Å²) in [5.41, 5.74) is 13.6. The molecular weight excluding hydrogens is 937 g/mol. The van der Waals surface area contributed by atoms with Crippen LogP contribution in [-0.4, -0.2) is 19.9 Å². The summed E-state index contributed by atoms with van der Waals surface area (Å²) in [5.74, 6) is -2.67. The van der Waals surface area contributed by atoms with E-state index in [1.807, 2.05) is 24.3 Å². The highest BCUT2D eigenvalue weighted by Crippen LogP contribution is 2.44. The highest BCUT2D eigenvalue weighted by atomic mass is 19.1. The van der Waals surface area contributed by atoms with Crippen LogP contribution in [0.2, 0.25) is 0 Å². The Morgan fingerprint density at radius 3 is 1.16 bits per heavy atom. The quantitative estimate of drug-likeness (QED) is 0.149. The molecule has 0 saturated heterocycles. The fourth-order valence-electron chi connectivity index (χ4n) is 11.0. The van der Waals surface area contributed by atoms with Gasteiger partial charge in [0.25, 0.3) is 0 Å². The van der Waals surface area contributed by atoms with Gasteiger partial charge >= 0.3 is 0 Å². The lowest BCUT2D eigenvalue weighted by molar-refractivity contribution is 0.103.